The Morgan fingerprint density at radius 3 is 2.59 bits per heavy atom. The van der Waals surface area contributed by atoms with Crippen molar-refractivity contribution in [2.24, 2.45) is 0 Å². The highest BCUT2D eigenvalue weighted by Gasteiger charge is 2.15. The van der Waals surface area contributed by atoms with Crippen LogP contribution in [0.2, 0.25) is 0 Å². The summed E-state index contributed by atoms with van der Waals surface area (Å²) < 4.78 is 7.03. The SMILES string of the molecule is CN(Cc1cc(-c2ccccc2)no1)C(=O)c1ccc(-n2cnnc2)nc1. The third-order valence-electron chi connectivity index (χ3n) is 4.05. The first-order chi connectivity index (χ1) is 13.2. The lowest BCUT2D eigenvalue weighted by molar-refractivity contribution is 0.0772. The van der Waals surface area contributed by atoms with Crippen molar-refractivity contribution in [3.8, 4) is 17.1 Å². The molecule has 0 unspecified atom stereocenters. The van der Waals surface area contributed by atoms with Gasteiger partial charge in [0.05, 0.1) is 12.1 Å². The van der Waals surface area contributed by atoms with E-state index in [2.05, 4.69) is 20.3 Å². The third-order valence-corrected chi connectivity index (χ3v) is 4.05. The van der Waals surface area contributed by atoms with Gasteiger partial charge in [-0.3, -0.25) is 9.36 Å². The molecule has 0 spiro atoms. The van der Waals surface area contributed by atoms with Crippen LogP contribution < -0.4 is 0 Å². The monoisotopic (exact) mass is 360 g/mol. The number of hydrogen-bond acceptors (Lipinski definition) is 6. The minimum absolute atomic E-state index is 0.157. The number of nitrogens with zero attached hydrogens (tertiary/aromatic N) is 6. The number of carbonyl (C=O) groups excluding carboxylic acids is 1. The second kappa shape index (κ2) is 7.20. The van der Waals surface area contributed by atoms with Crippen molar-refractivity contribution >= 4 is 5.91 Å². The average Bonchev–Trinajstić information content (AvgIpc) is 3.40. The fourth-order valence-corrected chi connectivity index (χ4v) is 2.64. The van der Waals surface area contributed by atoms with Crippen LogP contribution in [0.25, 0.3) is 17.1 Å². The topological polar surface area (TPSA) is 89.9 Å². The second-order valence-corrected chi connectivity index (χ2v) is 5.98. The van der Waals surface area contributed by atoms with E-state index in [9.17, 15) is 4.79 Å². The van der Waals surface area contributed by atoms with Gasteiger partial charge in [-0.05, 0) is 12.1 Å². The van der Waals surface area contributed by atoms with E-state index in [0.29, 0.717) is 23.7 Å². The van der Waals surface area contributed by atoms with Gasteiger partial charge in [0.25, 0.3) is 5.91 Å². The predicted octanol–water partition coefficient (Wildman–Crippen LogP) is 2.59. The Morgan fingerprint density at radius 1 is 1.11 bits per heavy atom. The zero-order valence-electron chi connectivity index (χ0n) is 14.6. The minimum atomic E-state index is -0.157. The molecule has 134 valence electrons. The highest BCUT2D eigenvalue weighted by molar-refractivity contribution is 5.93. The third kappa shape index (κ3) is 3.59. The van der Waals surface area contributed by atoms with Crippen molar-refractivity contribution in [1.29, 1.82) is 0 Å². The summed E-state index contributed by atoms with van der Waals surface area (Å²) in [6.07, 6.45) is 4.62. The van der Waals surface area contributed by atoms with Crippen LogP contribution in [0.15, 0.2) is 71.9 Å². The molecule has 1 amide bonds. The Hall–Kier alpha value is -3.81. The number of pyridine rings is 1. The molecule has 0 aliphatic heterocycles. The number of carbonyl (C=O) groups is 1. The Balaban J connectivity index is 1.44. The first kappa shape index (κ1) is 16.6. The van der Waals surface area contributed by atoms with Gasteiger partial charge >= 0.3 is 0 Å². The van der Waals surface area contributed by atoms with Crippen LogP contribution in [0.1, 0.15) is 16.1 Å². The average molecular weight is 360 g/mol. The molecule has 0 atom stereocenters. The number of hydrogen-bond donors (Lipinski definition) is 0. The van der Waals surface area contributed by atoms with E-state index >= 15 is 0 Å². The summed E-state index contributed by atoms with van der Waals surface area (Å²) in [6.45, 7) is 0.311. The lowest BCUT2D eigenvalue weighted by Crippen LogP contribution is -2.26. The molecular formula is C19H16N6O2. The van der Waals surface area contributed by atoms with Crippen LogP contribution in [-0.2, 0) is 6.54 Å². The summed E-state index contributed by atoms with van der Waals surface area (Å²) in [5, 5.41) is 11.5. The molecule has 4 rings (SSSR count). The number of aromatic nitrogens is 5. The molecule has 27 heavy (non-hydrogen) atoms. The fourth-order valence-electron chi connectivity index (χ4n) is 2.64. The van der Waals surface area contributed by atoms with Crippen LogP contribution in [-0.4, -0.2) is 42.8 Å². The maximum absolute atomic E-state index is 12.6. The van der Waals surface area contributed by atoms with Gasteiger partial charge in [0.1, 0.15) is 24.2 Å². The summed E-state index contributed by atoms with van der Waals surface area (Å²) in [4.78, 5) is 18.5. The molecule has 0 aliphatic rings. The zero-order chi connectivity index (χ0) is 18.6. The minimum Gasteiger partial charge on any atom is -0.359 e. The van der Waals surface area contributed by atoms with E-state index in [1.54, 1.807) is 41.3 Å². The Morgan fingerprint density at radius 2 is 1.89 bits per heavy atom. The van der Waals surface area contributed by atoms with Crippen molar-refractivity contribution in [2.45, 2.75) is 6.54 Å². The fraction of sp³-hybridized carbons (Fsp3) is 0.105. The largest absolute Gasteiger partial charge is 0.359 e. The summed E-state index contributed by atoms with van der Waals surface area (Å²) in [5.74, 6) is 1.09. The van der Waals surface area contributed by atoms with Gasteiger partial charge in [-0.25, -0.2) is 4.98 Å². The van der Waals surface area contributed by atoms with Crippen molar-refractivity contribution in [2.75, 3.05) is 7.05 Å². The number of benzene rings is 1. The van der Waals surface area contributed by atoms with Gasteiger partial charge in [-0.15, -0.1) is 10.2 Å². The van der Waals surface area contributed by atoms with Crippen molar-refractivity contribution < 1.29 is 9.32 Å². The van der Waals surface area contributed by atoms with Crippen molar-refractivity contribution in [3.63, 3.8) is 0 Å². The van der Waals surface area contributed by atoms with Crippen LogP contribution in [0.3, 0.4) is 0 Å². The van der Waals surface area contributed by atoms with E-state index in [4.69, 9.17) is 4.52 Å². The summed E-state index contributed by atoms with van der Waals surface area (Å²) in [7, 11) is 1.71. The van der Waals surface area contributed by atoms with Gasteiger partial charge in [0.15, 0.2) is 5.76 Å². The predicted molar refractivity (Wildman–Crippen MR) is 96.9 cm³/mol. The van der Waals surface area contributed by atoms with Crippen molar-refractivity contribution in [1.82, 2.24) is 29.8 Å². The van der Waals surface area contributed by atoms with Gasteiger partial charge < -0.3 is 9.42 Å². The molecule has 0 aliphatic carbocycles. The molecule has 0 saturated heterocycles. The van der Waals surface area contributed by atoms with Crippen LogP contribution in [0.4, 0.5) is 0 Å². The summed E-state index contributed by atoms with van der Waals surface area (Å²) >= 11 is 0. The van der Waals surface area contributed by atoms with Gasteiger partial charge in [0, 0.05) is 24.9 Å². The molecule has 8 heteroatoms. The van der Waals surface area contributed by atoms with E-state index in [1.807, 2.05) is 36.4 Å². The molecule has 3 aromatic heterocycles. The molecule has 0 fully saturated rings. The number of amides is 1. The Kier molecular flexibility index (Phi) is 4.44. The van der Waals surface area contributed by atoms with Crippen LogP contribution in [0, 0.1) is 0 Å². The van der Waals surface area contributed by atoms with Gasteiger partial charge in [0.2, 0.25) is 0 Å². The lowest BCUT2D eigenvalue weighted by Gasteiger charge is -2.15. The van der Waals surface area contributed by atoms with Crippen LogP contribution in [0.5, 0.6) is 0 Å². The van der Waals surface area contributed by atoms with E-state index in [1.165, 1.54) is 6.20 Å². The molecule has 0 bridgehead atoms. The smallest absolute Gasteiger partial charge is 0.255 e. The van der Waals surface area contributed by atoms with Crippen molar-refractivity contribution in [3.05, 3.63) is 78.7 Å². The number of rotatable bonds is 5. The highest BCUT2D eigenvalue weighted by atomic mass is 16.5. The van der Waals surface area contributed by atoms with Crippen LogP contribution >= 0.6 is 0 Å². The van der Waals surface area contributed by atoms with E-state index < -0.39 is 0 Å². The molecule has 0 radical (unpaired) electrons. The second-order valence-electron chi connectivity index (χ2n) is 5.98. The maximum atomic E-state index is 12.6. The molecule has 3 heterocycles. The molecule has 0 N–H and O–H groups in total. The normalized spacial score (nSPS) is 10.7. The molecule has 8 nitrogen and oxygen atoms in total. The zero-order valence-corrected chi connectivity index (χ0v) is 14.6. The first-order valence-corrected chi connectivity index (χ1v) is 8.28. The first-order valence-electron chi connectivity index (χ1n) is 8.28. The molecule has 0 saturated carbocycles. The Labute approximate surface area is 155 Å². The van der Waals surface area contributed by atoms with E-state index in [0.717, 1.165) is 11.3 Å². The molecule has 1 aromatic carbocycles. The standard InChI is InChI=1S/C19H16N6O2/c1-24(11-16-9-17(23-27-16)14-5-3-2-4-6-14)19(26)15-7-8-18(20-10-15)25-12-21-22-13-25/h2-10,12-13H,11H2,1H3. The van der Waals surface area contributed by atoms with Gasteiger partial charge in [-0.1, -0.05) is 35.5 Å². The highest BCUT2D eigenvalue weighted by Crippen LogP contribution is 2.19. The van der Waals surface area contributed by atoms with Gasteiger partial charge in [-0.2, -0.15) is 0 Å². The van der Waals surface area contributed by atoms with E-state index in [-0.39, 0.29) is 5.91 Å². The summed E-state index contributed by atoms with van der Waals surface area (Å²) in [5.41, 5.74) is 2.19. The molecular weight excluding hydrogens is 344 g/mol. The quantitative estimate of drug-likeness (QED) is 0.543. The maximum Gasteiger partial charge on any atom is 0.255 e. The Bertz CT molecular complexity index is 1030. The lowest BCUT2D eigenvalue weighted by atomic mass is 10.1. The molecule has 4 aromatic rings. The summed E-state index contributed by atoms with van der Waals surface area (Å²) in [6, 6.07) is 15.0.